The van der Waals surface area contributed by atoms with E-state index in [-0.39, 0.29) is 10.0 Å². The predicted octanol–water partition coefficient (Wildman–Crippen LogP) is 2.99. The Kier molecular flexibility index (Phi) is 5.27. The Bertz CT molecular complexity index is 234. The first kappa shape index (κ1) is 13.6. The van der Waals surface area contributed by atoms with Crippen LogP contribution in [-0.4, -0.2) is 7.85 Å². The van der Waals surface area contributed by atoms with Gasteiger partial charge in [0, 0.05) is 5.56 Å². The molecule has 0 nitrogen and oxygen atoms in total. The number of rotatable bonds is 0. The summed E-state index contributed by atoms with van der Waals surface area (Å²) in [6.07, 6.45) is 0. The van der Waals surface area contributed by atoms with Gasteiger partial charge in [-0.05, 0) is 28.3 Å². The van der Waals surface area contributed by atoms with E-state index in [1.54, 1.807) is 0 Å². The Balaban J connectivity index is 0.000000791. The van der Waals surface area contributed by atoms with Crippen LogP contribution < -0.4 is 5.46 Å². The minimum atomic E-state index is -1.34. The minimum Gasteiger partial charge on any atom is -0.206 e. The second-order valence-corrected chi connectivity index (χ2v) is 3.09. The van der Waals surface area contributed by atoms with E-state index in [9.17, 15) is 13.2 Å². The molecule has 0 saturated carbocycles. The lowest BCUT2D eigenvalue weighted by molar-refractivity contribution is 0.495. The molecule has 2 radical (unpaired) electrons. The van der Waals surface area contributed by atoms with Crippen LogP contribution in [0.3, 0.4) is 0 Å². The average molecular weight is 265 g/mol. The molecule has 0 aliphatic heterocycles. The fourth-order valence-electron chi connectivity index (χ4n) is 0.758. The lowest BCUT2D eigenvalue weighted by Crippen LogP contribution is -2.18. The van der Waals surface area contributed by atoms with Crippen LogP contribution in [0.1, 0.15) is 19.4 Å². The standard InChI is InChI=1S/C7H3BBrF3.C2H6/c1-2-4(9)6(11)3(8)7(12)5(2)10;1-2/h1H3;1-2H3. The highest BCUT2D eigenvalue weighted by Crippen LogP contribution is 2.22. The third-order valence-electron chi connectivity index (χ3n) is 1.52. The maximum atomic E-state index is 12.9. The highest BCUT2D eigenvalue weighted by atomic mass is 79.9. The van der Waals surface area contributed by atoms with Gasteiger partial charge in [0.05, 0.1) is 4.47 Å². The normalized spacial score (nSPS) is 9.36. The van der Waals surface area contributed by atoms with Gasteiger partial charge in [-0.1, -0.05) is 13.8 Å². The largest absolute Gasteiger partial charge is 0.206 e. The van der Waals surface area contributed by atoms with Gasteiger partial charge < -0.3 is 0 Å². The van der Waals surface area contributed by atoms with E-state index in [2.05, 4.69) is 15.9 Å². The maximum absolute atomic E-state index is 12.9. The lowest BCUT2D eigenvalue weighted by Gasteiger charge is -2.06. The Labute approximate surface area is 91.0 Å². The third-order valence-corrected chi connectivity index (χ3v) is 2.46. The Morgan fingerprint density at radius 2 is 1.43 bits per heavy atom. The molecule has 0 N–H and O–H groups in total. The molecule has 0 aliphatic rings. The topological polar surface area (TPSA) is 0 Å². The van der Waals surface area contributed by atoms with E-state index in [0.29, 0.717) is 0 Å². The molecule has 1 rings (SSSR count). The van der Waals surface area contributed by atoms with Gasteiger partial charge in [0.15, 0.2) is 11.6 Å². The van der Waals surface area contributed by atoms with E-state index < -0.39 is 22.9 Å². The van der Waals surface area contributed by atoms with E-state index in [0.717, 1.165) is 0 Å². The third kappa shape index (κ3) is 2.32. The predicted molar refractivity (Wildman–Crippen MR) is 55.5 cm³/mol. The van der Waals surface area contributed by atoms with Crippen molar-refractivity contribution in [3.63, 3.8) is 0 Å². The molecule has 0 bridgehead atoms. The van der Waals surface area contributed by atoms with E-state index in [4.69, 9.17) is 7.85 Å². The van der Waals surface area contributed by atoms with E-state index in [1.165, 1.54) is 6.92 Å². The van der Waals surface area contributed by atoms with Crippen molar-refractivity contribution in [1.29, 1.82) is 0 Å². The fourth-order valence-corrected chi connectivity index (χ4v) is 1.15. The van der Waals surface area contributed by atoms with Gasteiger partial charge in [-0.25, -0.2) is 13.2 Å². The zero-order valence-electron chi connectivity index (χ0n) is 8.09. The lowest BCUT2D eigenvalue weighted by atomic mass is 9.93. The van der Waals surface area contributed by atoms with Gasteiger partial charge in [0.2, 0.25) is 0 Å². The molecule has 0 fully saturated rings. The van der Waals surface area contributed by atoms with Crippen LogP contribution in [0.25, 0.3) is 0 Å². The zero-order valence-corrected chi connectivity index (χ0v) is 9.68. The SMILES string of the molecule is CC.[B]c1c(F)c(F)c(C)c(Br)c1F. The first-order valence-corrected chi connectivity index (χ1v) is 4.84. The van der Waals surface area contributed by atoms with Crippen LogP contribution in [0.4, 0.5) is 13.2 Å². The molecule has 14 heavy (non-hydrogen) atoms. The average Bonchev–Trinajstić information content (AvgIpc) is 2.24. The van der Waals surface area contributed by atoms with Crippen LogP contribution in [-0.2, 0) is 0 Å². The molecule has 0 saturated heterocycles. The summed E-state index contributed by atoms with van der Waals surface area (Å²) in [5.41, 5.74) is -0.927. The van der Waals surface area contributed by atoms with Crippen molar-refractivity contribution in [3.05, 3.63) is 27.5 Å². The van der Waals surface area contributed by atoms with E-state index in [1.807, 2.05) is 13.8 Å². The van der Waals surface area contributed by atoms with Gasteiger partial charge in [-0.15, -0.1) is 0 Å². The number of hydrogen-bond acceptors (Lipinski definition) is 0. The summed E-state index contributed by atoms with van der Waals surface area (Å²) in [7, 11) is 4.93. The summed E-state index contributed by atoms with van der Waals surface area (Å²) in [4.78, 5) is 0. The number of benzene rings is 1. The first-order valence-electron chi connectivity index (χ1n) is 4.04. The number of hydrogen-bond donors (Lipinski definition) is 0. The summed E-state index contributed by atoms with van der Waals surface area (Å²) in [5, 5.41) is 0. The molecule has 0 spiro atoms. The summed E-state index contributed by atoms with van der Waals surface area (Å²) in [6, 6.07) is 0. The van der Waals surface area contributed by atoms with Crippen molar-refractivity contribution in [2.24, 2.45) is 0 Å². The van der Waals surface area contributed by atoms with Crippen molar-refractivity contribution in [2.45, 2.75) is 20.8 Å². The molecule has 1 aromatic rings. The van der Waals surface area contributed by atoms with Crippen molar-refractivity contribution >= 4 is 29.2 Å². The summed E-state index contributed by atoms with van der Waals surface area (Å²) in [5.74, 6) is -3.43. The summed E-state index contributed by atoms with van der Waals surface area (Å²) >= 11 is 2.75. The first-order chi connectivity index (χ1) is 6.46. The molecule has 76 valence electrons. The zero-order chi connectivity index (χ0) is 11.5. The Morgan fingerprint density at radius 3 is 1.86 bits per heavy atom. The van der Waals surface area contributed by atoms with Crippen LogP contribution in [0.5, 0.6) is 0 Å². The van der Waals surface area contributed by atoms with Crippen LogP contribution in [0.2, 0.25) is 0 Å². The summed E-state index contributed by atoms with van der Waals surface area (Å²) < 4.78 is 38.2. The van der Waals surface area contributed by atoms with Crippen molar-refractivity contribution in [1.82, 2.24) is 0 Å². The Hall–Kier alpha value is -0.445. The smallest absolute Gasteiger partial charge is 0.162 e. The van der Waals surface area contributed by atoms with Gasteiger partial charge in [0.1, 0.15) is 13.7 Å². The van der Waals surface area contributed by atoms with Crippen LogP contribution in [0.15, 0.2) is 4.47 Å². The monoisotopic (exact) mass is 264 g/mol. The molecule has 5 heteroatoms. The van der Waals surface area contributed by atoms with E-state index >= 15 is 0 Å². The second-order valence-electron chi connectivity index (χ2n) is 2.29. The maximum Gasteiger partial charge on any atom is 0.162 e. The van der Waals surface area contributed by atoms with Crippen molar-refractivity contribution < 1.29 is 13.2 Å². The highest BCUT2D eigenvalue weighted by Gasteiger charge is 2.17. The van der Waals surface area contributed by atoms with Crippen molar-refractivity contribution in [3.8, 4) is 0 Å². The molecular weight excluding hydrogens is 256 g/mol. The van der Waals surface area contributed by atoms with Gasteiger partial charge in [-0.2, -0.15) is 0 Å². The van der Waals surface area contributed by atoms with Crippen LogP contribution in [0, 0.1) is 24.4 Å². The van der Waals surface area contributed by atoms with Gasteiger partial charge >= 0.3 is 0 Å². The second kappa shape index (κ2) is 5.44. The molecule has 0 heterocycles. The molecular formula is C9H9BBrF3. The highest BCUT2D eigenvalue weighted by molar-refractivity contribution is 9.10. The van der Waals surface area contributed by atoms with Gasteiger partial charge in [0.25, 0.3) is 0 Å². The molecule has 0 aliphatic carbocycles. The molecule has 1 aromatic carbocycles. The molecule has 0 unspecified atom stereocenters. The van der Waals surface area contributed by atoms with Crippen molar-refractivity contribution in [2.75, 3.05) is 0 Å². The van der Waals surface area contributed by atoms with Gasteiger partial charge in [-0.3, -0.25) is 0 Å². The van der Waals surface area contributed by atoms with Crippen LogP contribution >= 0.6 is 15.9 Å². The number of halogens is 4. The Morgan fingerprint density at radius 1 is 1.00 bits per heavy atom. The quantitative estimate of drug-likeness (QED) is 0.499. The molecule has 0 aromatic heterocycles. The molecule has 0 atom stereocenters. The summed E-state index contributed by atoms with van der Waals surface area (Å²) in [6.45, 7) is 5.25. The minimum absolute atomic E-state index is 0.126. The fraction of sp³-hybridized carbons (Fsp3) is 0.333. The molecule has 0 amide bonds.